The molecule has 2 aromatic rings. The summed E-state index contributed by atoms with van der Waals surface area (Å²) in [5.41, 5.74) is 3.69. The summed E-state index contributed by atoms with van der Waals surface area (Å²) in [5, 5.41) is 2.89. The van der Waals surface area contributed by atoms with Gasteiger partial charge in [0.15, 0.2) is 0 Å². The van der Waals surface area contributed by atoms with Crippen LogP contribution < -0.4 is 10.0 Å². The summed E-state index contributed by atoms with van der Waals surface area (Å²) < 4.78 is 28.2. The molecule has 0 radical (unpaired) electrons. The first-order chi connectivity index (χ1) is 12.7. The number of hydrogen-bond donors (Lipinski definition) is 2. The SMILES string of the molecule is CCNC(=O)C1(c2ccc(NS(=O)(=O)c3cc(C)c(C)cc3C)cc2)CC1. The molecule has 0 heterocycles. The molecule has 27 heavy (non-hydrogen) atoms. The molecule has 0 saturated heterocycles. The lowest BCUT2D eigenvalue weighted by molar-refractivity contribution is -0.123. The number of carbonyl (C=O) groups excluding carboxylic acids is 1. The first kappa shape index (κ1) is 19.4. The number of amides is 1. The third-order valence-corrected chi connectivity index (χ3v) is 6.82. The largest absolute Gasteiger partial charge is 0.356 e. The maximum atomic E-state index is 12.8. The molecule has 1 saturated carbocycles. The standard InChI is InChI=1S/C21H26N2O3S/c1-5-22-20(24)21(10-11-21)17-6-8-18(9-7-17)23-27(25,26)19-13-15(3)14(2)12-16(19)4/h6-9,12-13,23H,5,10-11H2,1-4H3,(H,22,24). The van der Waals surface area contributed by atoms with Gasteiger partial charge in [-0.15, -0.1) is 0 Å². The summed E-state index contributed by atoms with van der Waals surface area (Å²) in [5.74, 6) is 0.0455. The van der Waals surface area contributed by atoms with Gasteiger partial charge >= 0.3 is 0 Å². The Balaban J connectivity index is 1.83. The number of likely N-dealkylation sites (N-methyl/N-ethyl adjacent to an activating group) is 1. The van der Waals surface area contributed by atoms with Gasteiger partial charge in [-0.1, -0.05) is 18.2 Å². The molecule has 1 amide bonds. The molecule has 1 aliphatic carbocycles. The summed E-state index contributed by atoms with van der Waals surface area (Å²) in [7, 11) is -3.67. The van der Waals surface area contributed by atoms with Gasteiger partial charge in [0.1, 0.15) is 0 Å². The van der Waals surface area contributed by atoms with E-state index in [1.807, 2.05) is 39.0 Å². The highest BCUT2D eigenvalue weighted by molar-refractivity contribution is 7.92. The molecule has 144 valence electrons. The van der Waals surface area contributed by atoms with Crippen molar-refractivity contribution in [1.29, 1.82) is 0 Å². The van der Waals surface area contributed by atoms with Gasteiger partial charge in [0.05, 0.1) is 10.3 Å². The zero-order chi connectivity index (χ0) is 19.8. The highest BCUT2D eigenvalue weighted by atomic mass is 32.2. The minimum absolute atomic E-state index is 0.0455. The first-order valence-corrected chi connectivity index (χ1v) is 10.7. The smallest absolute Gasteiger partial charge is 0.262 e. The topological polar surface area (TPSA) is 75.3 Å². The van der Waals surface area contributed by atoms with Crippen LogP contribution >= 0.6 is 0 Å². The first-order valence-electron chi connectivity index (χ1n) is 9.19. The molecule has 1 fully saturated rings. The molecule has 0 spiro atoms. The zero-order valence-corrected chi connectivity index (χ0v) is 17.0. The third kappa shape index (κ3) is 3.72. The lowest BCUT2D eigenvalue weighted by Gasteiger charge is -2.16. The second kappa shape index (κ2) is 7.00. The maximum Gasteiger partial charge on any atom is 0.262 e. The molecule has 2 aromatic carbocycles. The lowest BCUT2D eigenvalue weighted by atomic mass is 9.95. The van der Waals surface area contributed by atoms with Crippen molar-refractivity contribution in [1.82, 2.24) is 5.32 Å². The molecule has 0 aliphatic heterocycles. The van der Waals surface area contributed by atoms with Crippen molar-refractivity contribution in [2.45, 2.75) is 50.8 Å². The Morgan fingerprint density at radius 2 is 1.59 bits per heavy atom. The van der Waals surface area contributed by atoms with Crippen molar-refractivity contribution in [2.24, 2.45) is 0 Å². The Bertz CT molecular complexity index is 975. The van der Waals surface area contributed by atoms with E-state index in [0.717, 1.165) is 35.1 Å². The Labute approximate surface area is 161 Å². The van der Waals surface area contributed by atoms with Crippen molar-refractivity contribution in [3.8, 4) is 0 Å². The minimum atomic E-state index is -3.67. The summed E-state index contributed by atoms with van der Waals surface area (Å²) in [6, 6.07) is 10.7. The molecule has 5 nitrogen and oxygen atoms in total. The predicted molar refractivity (Wildman–Crippen MR) is 107 cm³/mol. The van der Waals surface area contributed by atoms with Gasteiger partial charge in [0.25, 0.3) is 10.0 Å². The van der Waals surface area contributed by atoms with Crippen LogP contribution in [0.2, 0.25) is 0 Å². The fraction of sp³-hybridized carbons (Fsp3) is 0.381. The van der Waals surface area contributed by atoms with Gasteiger partial charge < -0.3 is 5.32 Å². The second-order valence-corrected chi connectivity index (χ2v) is 8.98. The van der Waals surface area contributed by atoms with Crippen LogP contribution in [0.25, 0.3) is 0 Å². The number of rotatable bonds is 6. The summed E-state index contributed by atoms with van der Waals surface area (Å²) in [6.07, 6.45) is 1.65. The van der Waals surface area contributed by atoms with Gasteiger partial charge in [-0.25, -0.2) is 8.42 Å². The van der Waals surface area contributed by atoms with Crippen LogP contribution in [-0.2, 0) is 20.2 Å². The molecule has 1 aliphatic rings. The zero-order valence-electron chi connectivity index (χ0n) is 16.2. The van der Waals surface area contributed by atoms with Gasteiger partial charge in [0.2, 0.25) is 5.91 Å². The van der Waals surface area contributed by atoms with Crippen LogP contribution in [0, 0.1) is 20.8 Å². The lowest BCUT2D eigenvalue weighted by Crippen LogP contribution is -2.34. The van der Waals surface area contributed by atoms with Crippen molar-refractivity contribution >= 4 is 21.6 Å². The molecular weight excluding hydrogens is 360 g/mol. The summed E-state index contributed by atoms with van der Waals surface area (Å²) in [6.45, 7) is 8.17. The van der Waals surface area contributed by atoms with Gasteiger partial charge in [-0.05, 0) is 81.0 Å². The monoisotopic (exact) mass is 386 g/mol. The molecule has 2 N–H and O–H groups in total. The molecule has 3 rings (SSSR count). The van der Waals surface area contributed by atoms with Crippen molar-refractivity contribution < 1.29 is 13.2 Å². The van der Waals surface area contributed by atoms with Crippen molar-refractivity contribution in [3.63, 3.8) is 0 Å². The van der Waals surface area contributed by atoms with Crippen molar-refractivity contribution in [2.75, 3.05) is 11.3 Å². The average Bonchev–Trinajstić information content (AvgIpc) is 3.40. The van der Waals surface area contributed by atoms with Crippen LogP contribution in [0.5, 0.6) is 0 Å². The van der Waals surface area contributed by atoms with E-state index in [1.54, 1.807) is 25.1 Å². The highest BCUT2D eigenvalue weighted by Gasteiger charge is 2.50. The van der Waals surface area contributed by atoms with Crippen molar-refractivity contribution in [3.05, 3.63) is 58.7 Å². The summed E-state index contributed by atoms with van der Waals surface area (Å²) >= 11 is 0. The van der Waals surface area contributed by atoms with E-state index >= 15 is 0 Å². The van der Waals surface area contributed by atoms with Crippen LogP contribution in [0.1, 0.15) is 42.0 Å². The number of hydrogen-bond acceptors (Lipinski definition) is 3. The van der Waals surface area contributed by atoms with E-state index < -0.39 is 15.4 Å². The number of benzene rings is 2. The van der Waals surface area contributed by atoms with E-state index in [1.165, 1.54) is 0 Å². The highest BCUT2D eigenvalue weighted by Crippen LogP contribution is 2.48. The van der Waals surface area contributed by atoms with Crippen LogP contribution in [0.4, 0.5) is 5.69 Å². The van der Waals surface area contributed by atoms with Crippen LogP contribution in [0.3, 0.4) is 0 Å². The number of nitrogens with one attached hydrogen (secondary N) is 2. The van der Waals surface area contributed by atoms with E-state index in [0.29, 0.717) is 12.2 Å². The Morgan fingerprint density at radius 3 is 2.15 bits per heavy atom. The van der Waals surface area contributed by atoms with E-state index in [9.17, 15) is 13.2 Å². The average molecular weight is 387 g/mol. The van der Waals surface area contributed by atoms with Gasteiger partial charge in [0, 0.05) is 12.2 Å². The second-order valence-electron chi connectivity index (χ2n) is 7.33. The Kier molecular flexibility index (Phi) is 5.04. The Morgan fingerprint density at radius 1 is 1.00 bits per heavy atom. The Hall–Kier alpha value is -2.34. The van der Waals surface area contributed by atoms with E-state index in [4.69, 9.17) is 0 Å². The molecule has 6 heteroatoms. The third-order valence-electron chi connectivity index (χ3n) is 5.29. The molecule has 0 unspecified atom stereocenters. The number of sulfonamides is 1. The predicted octanol–water partition coefficient (Wildman–Crippen LogP) is 3.58. The molecule has 0 aromatic heterocycles. The summed E-state index contributed by atoms with van der Waals surface area (Å²) in [4.78, 5) is 12.6. The molecular formula is C21H26N2O3S. The molecule has 0 bridgehead atoms. The minimum Gasteiger partial charge on any atom is -0.356 e. The quantitative estimate of drug-likeness (QED) is 0.797. The van der Waals surface area contributed by atoms with Crippen LogP contribution in [-0.4, -0.2) is 20.9 Å². The fourth-order valence-electron chi connectivity index (χ4n) is 3.39. The molecule has 0 atom stereocenters. The number of anilines is 1. The fourth-order valence-corrected chi connectivity index (χ4v) is 4.76. The van der Waals surface area contributed by atoms with Crippen LogP contribution in [0.15, 0.2) is 41.3 Å². The van der Waals surface area contributed by atoms with Gasteiger partial charge in [-0.3, -0.25) is 9.52 Å². The number of aryl methyl sites for hydroxylation is 3. The van der Waals surface area contributed by atoms with Gasteiger partial charge in [-0.2, -0.15) is 0 Å². The van der Waals surface area contributed by atoms with E-state index in [2.05, 4.69) is 10.0 Å². The number of carbonyl (C=O) groups is 1. The maximum absolute atomic E-state index is 12.8. The van der Waals surface area contributed by atoms with E-state index in [-0.39, 0.29) is 10.8 Å². The normalized spacial score (nSPS) is 15.3.